The van der Waals surface area contributed by atoms with Crippen LogP contribution in [0.4, 0.5) is 0 Å². The van der Waals surface area contributed by atoms with Crippen LogP contribution in [-0.4, -0.2) is 30.0 Å². The summed E-state index contributed by atoms with van der Waals surface area (Å²) >= 11 is 3.72. The van der Waals surface area contributed by atoms with Gasteiger partial charge in [0.15, 0.2) is 0 Å². The van der Waals surface area contributed by atoms with E-state index in [1.54, 1.807) is 7.11 Å². The maximum atomic E-state index is 5.23. The summed E-state index contributed by atoms with van der Waals surface area (Å²) in [5.74, 6) is 2.63. The summed E-state index contributed by atoms with van der Waals surface area (Å²) in [4.78, 5) is 0. The highest BCUT2D eigenvalue weighted by Crippen LogP contribution is 2.53. The van der Waals surface area contributed by atoms with Gasteiger partial charge in [-0.15, -0.1) is 0 Å². The Morgan fingerprint density at radius 3 is 2.95 bits per heavy atom. The summed E-state index contributed by atoms with van der Waals surface area (Å²) in [6.45, 7) is 4.72. The second-order valence-corrected chi connectivity index (χ2v) is 7.32. The van der Waals surface area contributed by atoms with Gasteiger partial charge in [0.05, 0.1) is 35.6 Å². The van der Waals surface area contributed by atoms with Crippen LogP contribution in [0, 0.1) is 17.8 Å². The lowest BCUT2D eigenvalue weighted by atomic mass is 9.82. The lowest BCUT2D eigenvalue weighted by Gasteiger charge is -2.32. The van der Waals surface area contributed by atoms with E-state index in [4.69, 9.17) is 4.74 Å². The summed E-state index contributed by atoms with van der Waals surface area (Å²) in [6.07, 6.45) is 7.62. The second-order valence-electron chi connectivity index (χ2n) is 6.47. The molecule has 5 heteroatoms. The lowest BCUT2D eigenvalue weighted by Crippen LogP contribution is -2.33. The van der Waals surface area contributed by atoms with Gasteiger partial charge in [0.25, 0.3) is 0 Å². The van der Waals surface area contributed by atoms with Crippen LogP contribution < -0.4 is 5.32 Å². The van der Waals surface area contributed by atoms with Gasteiger partial charge < -0.3 is 10.1 Å². The number of halogens is 1. The monoisotopic (exact) mass is 355 g/mol. The van der Waals surface area contributed by atoms with E-state index >= 15 is 0 Å². The molecule has 2 fully saturated rings. The second kappa shape index (κ2) is 6.80. The largest absolute Gasteiger partial charge is 0.383 e. The summed E-state index contributed by atoms with van der Waals surface area (Å²) in [5.41, 5.74) is 1.31. The van der Waals surface area contributed by atoms with Crippen LogP contribution in [0.3, 0.4) is 0 Å². The fraction of sp³-hybridized carbons (Fsp3) is 0.812. The van der Waals surface area contributed by atoms with Gasteiger partial charge >= 0.3 is 0 Å². The number of nitrogens with one attached hydrogen (secondary N) is 1. The summed E-state index contributed by atoms with van der Waals surface area (Å²) in [6, 6.07) is 0.416. The van der Waals surface area contributed by atoms with Gasteiger partial charge in [-0.25, -0.2) is 0 Å². The maximum absolute atomic E-state index is 5.23. The molecule has 2 bridgehead atoms. The van der Waals surface area contributed by atoms with Crippen molar-refractivity contribution < 1.29 is 4.74 Å². The zero-order chi connectivity index (χ0) is 14.8. The highest BCUT2D eigenvalue weighted by atomic mass is 79.9. The molecule has 1 heterocycles. The van der Waals surface area contributed by atoms with Crippen LogP contribution in [-0.2, 0) is 11.3 Å². The maximum Gasteiger partial charge on any atom is 0.0699 e. The van der Waals surface area contributed by atoms with E-state index in [1.165, 1.54) is 31.4 Å². The molecule has 1 aromatic heterocycles. The minimum absolute atomic E-state index is 0.416. The van der Waals surface area contributed by atoms with Crippen LogP contribution in [0.5, 0.6) is 0 Å². The van der Waals surface area contributed by atoms with E-state index in [-0.39, 0.29) is 0 Å². The fourth-order valence-electron chi connectivity index (χ4n) is 4.41. The number of hydrogen-bond acceptors (Lipinski definition) is 3. The first-order valence-electron chi connectivity index (χ1n) is 8.18. The van der Waals surface area contributed by atoms with Crippen molar-refractivity contribution >= 4 is 15.9 Å². The van der Waals surface area contributed by atoms with Crippen molar-refractivity contribution in [3.63, 3.8) is 0 Å². The van der Waals surface area contributed by atoms with Crippen molar-refractivity contribution in [3.05, 3.63) is 16.4 Å². The smallest absolute Gasteiger partial charge is 0.0699 e. The molecule has 0 saturated heterocycles. The predicted molar refractivity (Wildman–Crippen MR) is 87.2 cm³/mol. The van der Waals surface area contributed by atoms with Crippen molar-refractivity contribution in [2.75, 3.05) is 20.3 Å². The number of rotatable bonds is 7. The van der Waals surface area contributed by atoms with Gasteiger partial charge in [0.1, 0.15) is 0 Å². The summed E-state index contributed by atoms with van der Waals surface area (Å²) in [5, 5.41) is 8.28. The quantitative estimate of drug-likeness (QED) is 0.814. The molecule has 21 heavy (non-hydrogen) atoms. The topological polar surface area (TPSA) is 39.1 Å². The molecule has 1 aromatic rings. The van der Waals surface area contributed by atoms with E-state index in [0.29, 0.717) is 12.6 Å². The van der Waals surface area contributed by atoms with Gasteiger partial charge in [-0.1, -0.05) is 13.3 Å². The third-order valence-corrected chi connectivity index (χ3v) is 5.89. The Morgan fingerprint density at radius 1 is 1.48 bits per heavy atom. The van der Waals surface area contributed by atoms with E-state index in [0.717, 1.165) is 35.3 Å². The lowest BCUT2D eigenvalue weighted by molar-refractivity contribution is 0.178. The van der Waals surface area contributed by atoms with Crippen LogP contribution in [0.15, 0.2) is 10.7 Å². The minimum Gasteiger partial charge on any atom is -0.383 e. The van der Waals surface area contributed by atoms with Gasteiger partial charge in [-0.05, 0) is 59.5 Å². The van der Waals surface area contributed by atoms with Crippen molar-refractivity contribution in [3.8, 4) is 0 Å². The van der Waals surface area contributed by atoms with E-state index < -0.39 is 0 Å². The molecule has 118 valence electrons. The molecule has 0 radical (unpaired) electrons. The molecular formula is C16H26BrN3O. The first-order valence-corrected chi connectivity index (χ1v) is 8.97. The van der Waals surface area contributed by atoms with Crippen molar-refractivity contribution in [2.24, 2.45) is 17.8 Å². The SMILES string of the molecule is CCNC(c1c(Br)cnn1CCOC)C1CC2CCC1C2. The summed E-state index contributed by atoms with van der Waals surface area (Å²) < 4.78 is 8.48. The number of ether oxygens (including phenoxy) is 1. The molecule has 3 rings (SSSR count). The van der Waals surface area contributed by atoms with Gasteiger partial charge in [-0.3, -0.25) is 4.68 Å². The number of fused-ring (bicyclic) bond motifs is 2. The van der Waals surface area contributed by atoms with Crippen LogP contribution >= 0.6 is 15.9 Å². The Labute approximate surface area is 135 Å². The molecular weight excluding hydrogens is 330 g/mol. The van der Waals surface area contributed by atoms with Gasteiger partial charge in [0, 0.05) is 7.11 Å². The minimum atomic E-state index is 0.416. The third kappa shape index (κ3) is 3.06. The van der Waals surface area contributed by atoms with Crippen LogP contribution in [0.2, 0.25) is 0 Å². The normalized spacial score (nSPS) is 29.2. The zero-order valence-corrected chi connectivity index (χ0v) is 14.6. The summed E-state index contributed by atoms with van der Waals surface area (Å²) in [7, 11) is 1.75. The van der Waals surface area contributed by atoms with E-state index in [9.17, 15) is 0 Å². The Bertz CT molecular complexity index is 476. The predicted octanol–water partition coefficient (Wildman–Crippen LogP) is 3.38. The zero-order valence-electron chi connectivity index (χ0n) is 13.0. The van der Waals surface area contributed by atoms with Crippen molar-refractivity contribution in [2.45, 2.75) is 45.2 Å². The molecule has 4 atom stereocenters. The molecule has 0 aromatic carbocycles. The van der Waals surface area contributed by atoms with E-state index in [2.05, 4.69) is 38.0 Å². The number of aromatic nitrogens is 2. The molecule has 2 aliphatic rings. The molecule has 4 unspecified atom stereocenters. The molecule has 2 saturated carbocycles. The fourth-order valence-corrected chi connectivity index (χ4v) is 4.95. The number of nitrogens with zero attached hydrogens (tertiary/aromatic N) is 2. The highest BCUT2D eigenvalue weighted by molar-refractivity contribution is 9.10. The molecule has 0 aliphatic heterocycles. The Balaban J connectivity index is 1.85. The van der Waals surface area contributed by atoms with Gasteiger partial charge in [-0.2, -0.15) is 5.10 Å². The third-order valence-electron chi connectivity index (χ3n) is 5.28. The first-order chi connectivity index (χ1) is 10.2. The Hall–Kier alpha value is -0.390. The number of methoxy groups -OCH3 is 1. The first kappa shape index (κ1) is 15.5. The average Bonchev–Trinajstić information content (AvgIpc) is 3.18. The number of hydrogen-bond donors (Lipinski definition) is 1. The molecule has 0 spiro atoms. The van der Waals surface area contributed by atoms with E-state index in [1.807, 2.05) is 6.20 Å². The molecule has 4 nitrogen and oxygen atoms in total. The van der Waals surface area contributed by atoms with Crippen molar-refractivity contribution in [1.82, 2.24) is 15.1 Å². The van der Waals surface area contributed by atoms with Crippen LogP contribution in [0.25, 0.3) is 0 Å². The van der Waals surface area contributed by atoms with Gasteiger partial charge in [0.2, 0.25) is 0 Å². The average molecular weight is 356 g/mol. The molecule has 1 N–H and O–H groups in total. The van der Waals surface area contributed by atoms with Crippen molar-refractivity contribution in [1.29, 1.82) is 0 Å². The molecule has 0 amide bonds. The highest BCUT2D eigenvalue weighted by Gasteiger charge is 2.44. The standard InChI is InChI=1S/C16H26BrN3O/c1-3-18-15(13-9-11-4-5-12(13)8-11)16-14(17)10-19-20(16)6-7-21-2/h10-13,15,18H,3-9H2,1-2H3. The Morgan fingerprint density at radius 2 is 2.33 bits per heavy atom. The van der Waals surface area contributed by atoms with Crippen LogP contribution in [0.1, 0.15) is 44.3 Å². The molecule has 2 aliphatic carbocycles. The Kier molecular flexibility index (Phi) is 5.02.